The monoisotopic (exact) mass is 390 g/mol. The molecule has 0 aliphatic rings. The molecule has 0 N–H and O–H groups in total. The molecular formula is C23H22N2O4. The average molecular weight is 390 g/mol. The molecule has 6 nitrogen and oxygen atoms in total. The number of aromatic nitrogens is 1. The lowest BCUT2D eigenvalue weighted by molar-refractivity contribution is -0.157. The first-order valence-corrected chi connectivity index (χ1v) is 9.46. The number of ether oxygens (including phenoxy) is 2. The van der Waals surface area contributed by atoms with Crippen LogP contribution in [0, 0.1) is 5.92 Å². The number of aliphatic imine (C=N–C) groups is 1. The molecule has 6 heteroatoms. The molecule has 0 aliphatic carbocycles. The van der Waals surface area contributed by atoms with E-state index in [1.807, 2.05) is 48.5 Å². The first kappa shape index (κ1) is 20.2. The maximum Gasteiger partial charge on any atom is 0.325 e. The van der Waals surface area contributed by atoms with Gasteiger partial charge in [0, 0.05) is 17.8 Å². The molecule has 0 radical (unpaired) electrons. The second kappa shape index (κ2) is 9.59. The molecule has 0 amide bonds. The van der Waals surface area contributed by atoms with E-state index in [0.29, 0.717) is 11.2 Å². The van der Waals surface area contributed by atoms with Crippen molar-refractivity contribution in [2.75, 3.05) is 13.2 Å². The van der Waals surface area contributed by atoms with E-state index >= 15 is 0 Å². The van der Waals surface area contributed by atoms with E-state index in [1.165, 1.54) is 6.21 Å². The number of benzene rings is 2. The molecule has 3 rings (SSSR count). The van der Waals surface area contributed by atoms with E-state index in [9.17, 15) is 9.59 Å². The second-order valence-electron chi connectivity index (χ2n) is 6.16. The van der Waals surface area contributed by atoms with Gasteiger partial charge in [0.05, 0.1) is 24.4 Å². The first-order chi connectivity index (χ1) is 14.2. The Bertz CT molecular complexity index is 1010. The Morgan fingerprint density at radius 2 is 1.66 bits per heavy atom. The van der Waals surface area contributed by atoms with Gasteiger partial charge in [-0.15, -0.1) is 0 Å². The Labute approximate surface area is 169 Å². The van der Waals surface area contributed by atoms with Crippen molar-refractivity contribution < 1.29 is 19.1 Å². The van der Waals surface area contributed by atoms with E-state index in [4.69, 9.17) is 9.47 Å². The molecule has 148 valence electrons. The van der Waals surface area contributed by atoms with Crippen LogP contribution >= 0.6 is 0 Å². The lowest BCUT2D eigenvalue weighted by Gasteiger charge is -2.11. The number of hydrogen-bond acceptors (Lipinski definition) is 6. The fraction of sp³-hybridized carbons (Fsp3) is 0.217. The SMILES string of the molecule is CCOC(=O)C(C=Nc1cccc2c(-c3ccccc3)ccnc12)C(=O)OCC. The normalized spacial score (nSPS) is 11.1. The first-order valence-electron chi connectivity index (χ1n) is 9.46. The number of pyridine rings is 1. The van der Waals surface area contributed by atoms with Crippen molar-refractivity contribution in [2.24, 2.45) is 10.9 Å². The van der Waals surface area contributed by atoms with Crippen molar-refractivity contribution in [3.8, 4) is 11.1 Å². The van der Waals surface area contributed by atoms with Crippen LogP contribution in [0.2, 0.25) is 0 Å². The number of rotatable bonds is 7. The van der Waals surface area contributed by atoms with Crippen LogP contribution in [-0.2, 0) is 19.1 Å². The predicted molar refractivity (Wildman–Crippen MR) is 112 cm³/mol. The minimum absolute atomic E-state index is 0.166. The Morgan fingerprint density at radius 3 is 2.31 bits per heavy atom. The number of nitrogens with zero attached hydrogens (tertiary/aromatic N) is 2. The molecule has 0 atom stereocenters. The average Bonchev–Trinajstić information content (AvgIpc) is 2.74. The number of hydrogen-bond donors (Lipinski definition) is 0. The third-order valence-electron chi connectivity index (χ3n) is 4.28. The number of carbonyl (C=O) groups excluding carboxylic acids is 2. The van der Waals surface area contributed by atoms with Gasteiger partial charge in [0.15, 0.2) is 5.92 Å². The van der Waals surface area contributed by atoms with E-state index in [-0.39, 0.29) is 13.2 Å². The summed E-state index contributed by atoms with van der Waals surface area (Å²) < 4.78 is 9.96. The van der Waals surface area contributed by atoms with Crippen LogP contribution in [0.3, 0.4) is 0 Å². The van der Waals surface area contributed by atoms with Crippen LogP contribution in [0.15, 0.2) is 65.8 Å². The van der Waals surface area contributed by atoms with Crippen LogP contribution in [0.5, 0.6) is 0 Å². The molecule has 0 unspecified atom stereocenters. The number of fused-ring (bicyclic) bond motifs is 1. The number of para-hydroxylation sites is 1. The van der Waals surface area contributed by atoms with Gasteiger partial charge in [0.2, 0.25) is 0 Å². The van der Waals surface area contributed by atoms with Crippen LogP contribution in [0.1, 0.15) is 13.8 Å². The lowest BCUT2D eigenvalue weighted by Crippen LogP contribution is -2.29. The largest absolute Gasteiger partial charge is 0.465 e. The predicted octanol–water partition coefficient (Wildman–Crippen LogP) is 4.35. The molecule has 0 aliphatic heterocycles. The fourth-order valence-corrected chi connectivity index (χ4v) is 2.97. The molecule has 1 aromatic heterocycles. The molecule has 0 bridgehead atoms. The Morgan fingerprint density at radius 1 is 0.966 bits per heavy atom. The zero-order chi connectivity index (χ0) is 20.6. The molecule has 0 saturated carbocycles. The highest BCUT2D eigenvalue weighted by Crippen LogP contribution is 2.32. The molecule has 0 fully saturated rings. The van der Waals surface area contributed by atoms with Crippen LogP contribution < -0.4 is 0 Å². The van der Waals surface area contributed by atoms with Crippen molar-refractivity contribution in [1.82, 2.24) is 4.98 Å². The Hall–Kier alpha value is -3.54. The van der Waals surface area contributed by atoms with Gasteiger partial charge in [0.1, 0.15) is 0 Å². The molecule has 3 aromatic rings. The molecule has 2 aromatic carbocycles. The summed E-state index contributed by atoms with van der Waals surface area (Å²) in [6.45, 7) is 3.69. The summed E-state index contributed by atoms with van der Waals surface area (Å²) in [5, 5.41) is 0.928. The highest BCUT2D eigenvalue weighted by atomic mass is 16.6. The quantitative estimate of drug-likeness (QED) is 0.341. The minimum Gasteiger partial charge on any atom is -0.465 e. The third-order valence-corrected chi connectivity index (χ3v) is 4.28. The maximum atomic E-state index is 12.2. The van der Waals surface area contributed by atoms with Gasteiger partial charge in [-0.1, -0.05) is 42.5 Å². The van der Waals surface area contributed by atoms with Crippen LogP contribution in [0.4, 0.5) is 5.69 Å². The lowest BCUT2D eigenvalue weighted by atomic mass is 10.0. The summed E-state index contributed by atoms with van der Waals surface area (Å²) in [5.74, 6) is -2.59. The maximum absolute atomic E-state index is 12.2. The molecule has 29 heavy (non-hydrogen) atoms. The van der Waals surface area contributed by atoms with Gasteiger partial charge in [0.25, 0.3) is 0 Å². The Balaban J connectivity index is 2.01. The van der Waals surface area contributed by atoms with Crippen LogP contribution in [0.25, 0.3) is 22.0 Å². The summed E-state index contributed by atoms with van der Waals surface area (Å²) in [5.41, 5.74) is 3.33. The van der Waals surface area contributed by atoms with Crippen molar-refractivity contribution >= 4 is 34.7 Å². The van der Waals surface area contributed by atoms with Crippen LogP contribution in [-0.4, -0.2) is 36.4 Å². The Kier molecular flexibility index (Phi) is 6.68. The van der Waals surface area contributed by atoms with E-state index in [0.717, 1.165) is 16.5 Å². The molecule has 0 spiro atoms. The highest BCUT2D eigenvalue weighted by molar-refractivity contribution is 6.10. The zero-order valence-electron chi connectivity index (χ0n) is 16.4. The summed E-state index contributed by atoms with van der Waals surface area (Å²) in [6.07, 6.45) is 2.99. The van der Waals surface area contributed by atoms with Crippen molar-refractivity contribution in [1.29, 1.82) is 0 Å². The van der Waals surface area contributed by atoms with E-state index in [1.54, 1.807) is 26.1 Å². The van der Waals surface area contributed by atoms with Gasteiger partial charge in [-0.05, 0) is 37.1 Å². The minimum atomic E-state index is -1.22. The molecule has 1 heterocycles. The van der Waals surface area contributed by atoms with E-state index < -0.39 is 17.9 Å². The number of esters is 2. The summed E-state index contributed by atoms with van der Waals surface area (Å²) >= 11 is 0. The van der Waals surface area contributed by atoms with Crippen molar-refractivity contribution in [3.05, 3.63) is 60.8 Å². The molecule has 0 saturated heterocycles. The number of carbonyl (C=O) groups is 2. The summed E-state index contributed by atoms with van der Waals surface area (Å²) in [6, 6.07) is 17.6. The zero-order valence-corrected chi connectivity index (χ0v) is 16.4. The highest BCUT2D eigenvalue weighted by Gasteiger charge is 2.27. The topological polar surface area (TPSA) is 77.9 Å². The van der Waals surface area contributed by atoms with Crippen molar-refractivity contribution in [3.63, 3.8) is 0 Å². The van der Waals surface area contributed by atoms with Gasteiger partial charge in [-0.25, -0.2) is 0 Å². The standard InChI is InChI=1S/C23H22N2O4/c1-3-28-22(26)19(23(27)29-4-2)15-25-20-12-8-11-18-17(13-14-24-21(18)20)16-9-6-5-7-10-16/h5-15,19H,3-4H2,1-2H3. The summed E-state index contributed by atoms with van der Waals surface area (Å²) in [7, 11) is 0. The van der Waals surface area contributed by atoms with Crippen molar-refractivity contribution in [2.45, 2.75) is 13.8 Å². The fourth-order valence-electron chi connectivity index (χ4n) is 2.97. The second-order valence-corrected chi connectivity index (χ2v) is 6.16. The summed E-state index contributed by atoms with van der Waals surface area (Å²) in [4.78, 5) is 33.2. The van der Waals surface area contributed by atoms with Gasteiger partial charge in [-0.3, -0.25) is 19.6 Å². The van der Waals surface area contributed by atoms with Gasteiger partial charge < -0.3 is 9.47 Å². The van der Waals surface area contributed by atoms with Gasteiger partial charge in [-0.2, -0.15) is 0 Å². The smallest absolute Gasteiger partial charge is 0.325 e. The molecular weight excluding hydrogens is 368 g/mol. The van der Waals surface area contributed by atoms with E-state index in [2.05, 4.69) is 9.98 Å². The van der Waals surface area contributed by atoms with Gasteiger partial charge >= 0.3 is 11.9 Å². The third kappa shape index (κ3) is 4.66.